The van der Waals surface area contributed by atoms with Gasteiger partial charge in [0.05, 0.1) is 0 Å². The Morgan fingerprint density at radius 1 is 1.07 bits per heavy atom. The zero-order chi connectivity index (χ0) is 20.6. The lowest BCUT2D eigenvalue weighted by Gasteiger charge is -2.32. The van der Waals surface area contributed by atoms with Gasteiger partial charge in [-0.3, -0.25) is 4.79 Å². The molecule has 2 aromatic carbocycles. The molecule has 1 amide bonds. The number of hydrogen-bond acceptors (Lipinski definition) is 4. The predicted molar refractivity (Wildman–Crippen MR) is 112 cm³/mol. The molecule has 1 aliphatic heterocycles. The third-order valence-corrected chi connectivity index (χ3v) is 5.60. The first-order valence-electron chi connectivity index (χ1n) is 9.87. The molecule has 0 atom stereocenters. The minimum atomic E-state index is -0.565. The summed E-state index contributed by atoms with van der Waals surface area (Å²) in [6.07, 6.45) is 2.97. The number of amides is 1. The largest absolute Gasteiger partial charge is 0.482 e. The number of aryl methyl sites for hydroxylation is 1. The summed E-state index contributed by atoms with van der Waals surface area (Å²) in [5.41, 5.74) is 2.20. The second-order valence-electron chi connectivity index (χ2n) is 7.37. The minimum Gasteiger partial charge on any atom is -0.482 e. The maximum absolute atomic E-state index is 12.3. The number of benzene rings is 2. The molecule has 1 fully saturated rings. The highest BCUT2D eigenvalue weighted by atomic mass is 35.5. The van der Waals surface area contributed by atoms with Crippen LogP contribution in [-0.4, -0.2) is 43.1 Å². The summed E-state index contributed by atoms with van der Waals surface area (Å²) in [7, 11) is 0. The fraction of sp³-hybridized carbons (Fsp3) is 0.391. The molecule has 1 heterocycles. The van der Waals surface area contributed by atoms with Gasteiger partial charge in [0.25, 0.3) is 5.91 Å². The highest BCUT2D eigenvalue weighted by molar-refractivity contribution is 6.31. The summed E-state index contributed by atoms with van der Waals surface area (Å²) in [6.45, 7) is 2.77. The van der Waals surface area contributed by atoms with Crippen molar-refractivity contribution in [3.63, 3.8) is 0 Å². The van der Waals surface area contributed by atoms with Crippen molar-refractivity contribution in [2.24, 2.45) is 5.92 Å². The molecule has 0 N–H and O–H groups in total. The topological polar surface area (TPSA) is 55.8 Å². The van der Waals surface area contributed by atoms with Gasteiger partial charge in [-0.05, 0) is 61.4 Å². The molecule has 29 heavy (non-hydrogen) atoms. The highest BCUT2D eigenvalue weighted by Crippen LogP contribution is 2.22. The Morgan fingerprint density at radius 3 is 2.48 bits per heavy atom. The van der Waals surface area contributed by atoms with Gasteiger partial charge in [0, 0.05) is 18.1 Å². The van der Waals surface area contributed by atoms with Crippen LogP contribution in [0.2, 0.25) is 5.02 Å². The summed E-state index contributed by atoms with van der Waals surface area (Å²) in [4.78, 5) is 26.0. The van der Waals surface area contributed by atoms with Gasteiger partial charge < -0.3 is 14.4 Å². The molecule has 0 saturated carbocycles. The zero-order valence-electron chi connectivity index (χ0n) is 16.6. The number of likely N-dealkylation sites (tertiary alicyclic amines) is 1. The summed E-state index contributed by atoms with van der Waals surface area (Å²) >= 11 is 5.96. The Balaban J connectivity index is 1.35. The van der Waals surface area contributed by atoms with Crippen molar-refractivity contribution in [2.45, 2.75) is 26.2 Å². The van der Waals surface area contributed by atoms with Crippen LogP contribution >= 0.6 is 11.6 Å². The van der Waals surface area contributed by atoms with Gasteiger partial charge in [-0.25, -0.2) is 4.79 Å². The Kier molecular flexibility index (Phi) is 7.53. The molecular formula is C23H26ClNO4. The van der Waals surface area contributed by atoms with E-state index in [0.29, 0.717) is 29.8 Å². The summed E-state index contributed by atoms with van der Waals surface area (Å²) in [5.74, 6) is 0.402. The molecule has 0 unspecified atom stereocenters. The number of hydrogen-bond donors (Lipinski definition) is 0. The molecule has 1 saturated heterocycles. The van der Waals surface area contributed by atoms with Crippen molar-refractivity contribution in [3.05, 3.63) is 64.7 Å². The number of carbonyl (C=O) groups is 2. The van der Waals surface area contributed by atoms with E-state index in [1.165, 1.54) is 5.56 Å². The SMILES string of the molecule is Cc1cc(OCC(=O)OCC(=O)N2CCC(Cc3ccccc3)CC2)ccc1Cl. The Hall–Kier alpha value is -2.53. The standard InChI is InChI=1S/C23H26ClNO4/c1-17-13-20(7-8-21(17)24)28-16-23(27)29-15-22(26)25-11-9-19(10-12-25)14-18-5-3-2-4-6-18/h2-8,13,19H,9-12,14-16H2,1H3. The lowest BCUT2D eigenvalue weighted by molar-refractivity contribution is -0.154. The number of carbonyl (C=O) groups excluding carboxylic acids is 2. The maximum atomic E-state index is 12.3. The third-order valence-electron chi connectivity index (χ3n) is 5.18. The molecule has 0 bridgehead atoms. The smallest absolute Gasteiger partial charge is 0.344 e. The van der Waals surface area contributed by atoms with Gasteiger partial charge in [-0.1, -0.05) is 41.9 Å². The first-order valence-corrected chi connectivity index (χ1v) is 10.3. The van der Waals surface area contributed by atoms with Crippen LogP contribution in [0.1, 0.15) is 24.0 Å². The number of halogens is 1. The van der Waals surface area contributed by atoms with Crippen LogP contribution in [0.5, 0.6) is 5.75 Å². The monoisotopic (exact) mass is 415 g/mol. The number of ether oxygens (including phenoxy) is 2. The van der Waals surface area contributed by atoms with Crippen molar-refractivity contribution in [3.8, 4) is 5.75 Å². The van der Waals surface area contributed by atoms with E-state index in [-0.39, 0.29) is 19.1 Å². The van der Waals surface area contributed by atoms with E-state index in [1.807, 2.05) is 13.0 Å². The molecule has 0 aliphatic carbocycles. The zero-order valence-corrected chi connectivity index (χ0v) is 17.4. The molecule has 154 valence electrons. The molecule has 0 spiro atoms. The van der Waals surface area contributed by atoms with Gasteiger partial charge in [-0.15, -0.1) is 0 Å². The quantitative estimate of drug-likeness (QED) is 0.640. The average Bonchev–Trinajstić information content (AvgIpc) is 2.74. The molecule has 0 radical (unpaired) electrons. The van der Waals surface area contributed by atoms with Crippen molar-refractivity contribution in [1.82, 2.24) is 4.90 Å². The lowest BCUT2D eigenvalue weighted by Crippen LogP contribution is -2.41. The molecule has 3 rings (SSSR count). The maximum Gasteiger partial charge on any atom is 0.344 e. The van der Waals surface area contributed by atoms with E-state index < -0.39 is 5.97 Å². The normalized spacial score (nSPS) is 14.5. The van der Waals surface area contributed by atoms with E-state index in [4.69, 9.17) is 21.1 Å². The van der Waals surface area contributed by atoms with Gasteiger partial charge in [0.15, 0.2) is 13.2 Å². The number of piperidine rings is 1. The van der Waals surface area contributed by atoms with E-state index in [9.17, 15) is 9.59 Å². The second kappa shape index (κ2) is 10.3. The number of esters is 1. The van der Waals surface area contributed by atoms with Crippen LogP contribution in [0.25, 0.3) is 0 Å². The predicted octanol–water partition coefficient (Wildman–Crippen LogP) is 4.05. The van der Waals surface area contributed by atoms with Gasteiger partial charge >= 0.3 is 5.97 Å². The molecular weight excluding hydrogens is 390 g/mol. The van der Waals surface area contributed by atoms with Crippen LogP contribution in [0.15, 0.2) is 48.5 Å². The highest BCUT2D eigenvalue weighted by Gasteiger charge is 2.23. The van der Waals surface area contributed by atoms with Crippen molar-refractivity contribution >= 4 is 23.5 Å². The van der Waals surface area contributed by atoms with E-state index in [2.05, 4.69) is 24.3 Å². The molecule has 5 nitrogen and oxygen atoms in total. The molecule has 2 aromatic rings. The second-order valence-corrected chi connectivity index (χ2v) is 7.78. The summed E-state index contributed by atoms with van der Waals surface area (Å²) in [5, 5.41) is 0.637. The number of rotatable bonds is 7. The summed E-state index contributed by atoms with van der Waals surface area (Å²) in [6, 6.07) is 15.6. The Bertz CT molecular complexity index is 832. The van der Waals surface area contributed by atoms with E-state index in [0.717, 1.165) is 24.8 Å². The van der Waals surface area contributed by atoms with Gasteiger partial charge in [0.2, 0.25) is 0 Å². The number of nitrogens with zero attached hydrogens (tertiary/aromatic N) is 1. The van der Waals surface area contributed by atoms with Gasteiger partial charge in [-0.2, -0.15) is 0 Å². The fourth-order valence-electron chi connectivity index (χ4n) is 3.46. The molecule has 6 heteroatoms. The van der Waals surface area contributed by atoms with Crippen LogP contribution in [0.3, 0.4) is 0 Å². The van der Waals surface area contributed by atoms with Gasteiger partial charge in [0.1, 0.15) is 5.75 Å². The molecule has 0 aromatic heterocycles. The van der Waals surface area contributed by atoms with Crippen LogP contribution in [0, 0.1) is 12.8 Å². The minimum absolute atomic E-state index is 0.154. The first-order chi connectivity index (χ1) is 14.0. The summed E-state index contributed by atoms with van der Waals surface area (Å²) < 4.78 is 10.5. The first kappa shape index (κ1) is 21.2. The average molecular weight is 416 g/mol. The van der Waals surface area contributed by atoms with Crippen LogP contribution < -0.4 is 4.74 Å². The molecule has 1 aliphatic rings. The third kappa shape index (κ3) is 6.50. The fourth-order valence-corrected chi connectivity index (χ4v) is 3.58. The van der Waals surface area contributed by atoms with Crippen molar-refractivity contribution in [1.29, 1.82) is 0 Å². The van der Waals surface area contributed by atoms with Crippen LogP contribution in [0.4, 0.5) is 0 Å². The van der Waals surface area contributed by atoms with Crippen LogP contribution in [-0.2, 0) is 20.7 Å². The lowest BCUT2D eigenvalue weighted by atomic mass is 9.90. The van der Waals surface area contributed by atoms with Crippen molar-refractivity contribution < 1.29 is 19.1 Å². The van der Waals surface area contributed by atoms with E-state index >= 15 is 0 Å². The van der Waals surface area contributed by atoms with E-state index in [1.54, 1.807) is 23.1 Å². The van der Waals surface area contributed by atoms with Crippen molar-refractivity contribution in [2.75, 3.05) is 26.3 Å². The Morgan fingerprint density at radius 2 is 1.79 bits per heavy atom. The Labute approximate surface area is 176 Å².